The van der Waals surface area contributed by atoms with E-state index in [1.165, 1.54) is 5.56 Å². The monoisotopic (exact) mass is 243 g/mol. The molecule has 94 valence electrons. The van der Waals surface area contributed by atoms with Gasteiger partial charge in [0.2, 0.25) is 0 Å². The summed E-state index contributed by atoms with van der Waals surface area (Å²) in [5, 5.41) is 9.71. The van der Waals surface area contributed by atoms with Crippen molar-refractivity contribution >= 4 is 11.7 Å². The van der Waals surface area contributed by atoms with Crippen LogP contribution in [0.25, 0.3) is 0 Å². The number of aromatic amines is 1. The smallest absolute Gasteiger partial charge is 0.256 e. The van der Waals surface area contributed by atoms with E-state index >= 15 is 0 Å². The summed E-state index contributed by atoms with van der Waals surface area (Å²) in [5.41, 5.74) is 3.80. The van der Waals surface area contributed by atoms with Gasteiger partial charge in [0.25, 0.3) is 5.91 Å². The molecule has 1 aromatic carbocycles. The standard InChI is InChI=1S/C14H17N3O/c1-4-11-5-7-12(8-6-11)14(18)15-13-9(2)10(3)16-17-13/h5-8H,4H2,1-3H3,(H2,15,16,17,18). The fourth-order valence-electron chi connectivity index (χ4n) is 1.68. The van der Waals surface area contributed by atoms with Crippen molar-refractivity contribution in [1.82, 2.24) is 10.2 Å². The zero-order valence-corrected chi connectivity index (χ0v) is 10.9. The highest BCUT2D eigenvalue weighted by Gasteiger charge is 2.10. The summed E-state index contributed by atoms with van der Waals surface area (Å²) >= 11 is 0. The van der Waals surface area contributed by atoms with Crippen molar-refractivity contribution in [2.75, 3.05) is 5.32 Å². The quantitative estimate of drug-likeness (QED) is 0.870. The molecule has 0 spiro atoms. The lowest BCUT2D eigenvalue weighted by atomic mass is 10.1. The Labute approximate surface area is 106 Å². The van der Waals surface area contributed by atoms with E-state index in [-0.39, 0.29) is 5.91 Å². The molecule has 0 radical (unpaired) electrons. The van der Waals surface area contributed by atoms with Crippen molar-refractivity contribution in [2.24, 2.45) is 0 Å². The van der Waals surface area contributed by atoms with Gasteiger partial charge in [-0.1, -0.05) is 19.1 Å². The van der Waals surface area contributed by atoms with Crippen LogP contribution in [0, 0.1) is 13.8 Å². The number of carbonyl (C=O) groups excluding carboxylic acids is 1. The highest BCUT2D eigenvalue weighted by molar-refractivity contribution is 6.04. The van der Waals surface area contributed by atoms with Crippen LogP contribution < -0.4 is 5.32 Å². The van der Waals surface area contributed by atoms with E-state index in [9.17, 15) is 4.79 Å². The van der Waals surface area contributed by atoms with Crippen molar-refractivity contribution in [3.8, 4) is 0 Å². The van der Waals surface area contributed by atoms with Crippen molar-refractivity contribution in [3.63, 3.8) is 0 Å². The lowest BCUT2D eigenvalue weighted by molar-refractivity contribution is 0.102. The molecule has 2 rings (SSSR count). The normalized spacial score (nSPS) is 10.4. The van der Waals surface area contributed by atoms with Gasteiger partial charge in [0.05, 0.1) is 0 Å². The van der Waals surface area contributed by atoms with E-state index in [0.717, 1.165) is 17.7 Å². The molecular formula is C14H17N3O. The maximum absolute atomic E-state index is 12.0. The molecule has 0 atom stereocenters. The average molecular weight is 243 g/mol. The fraction of sp³-hybridized carbons (Fsp3) is 0.286. The Morgan fingerprint density at radius 2 is 1.94 bits per heavy atom. The summed E-state index contributed by atoms with van der Waals surface area (Å²) in [7, 11) is 0. The lowest BCUT2D eigenvalue weighted by Crippen LogP contribution is -2.12. The molecule has 0 saturated heterocycles. The number of aromatic nitrogens is 2. The van der Waals surface area contributed by atoms with E-state index in [2.05, 4.69) is 22.4 Å². The number of benzene rings is 1. The first-order chi connectivity index (χ1) is 8.61. The topological polar surface area (TPSA) is 57.8 Å². The Hall–Kier alpha value is -2.10. The minimum absolute atomic E-state index is 0.132. The van der Waals surface area contributed by atoms with Crippen LogP contribution in [0.2, 0.25) is 0 Å². The lowest BCUT2D eigenvalue weighted by Gasteiger charge is -2.04. The molecular weight excluding hydrogens is 226 g/mol. The first-order valence-electron chi connectivity index (χ1n) is 6.03. The summed E-state index contributed by atoms with van der Waals surface area (Å²) in [6.07, 6.45) is 0.972. The number of aryl methyl sites for hydroxylation is 2. The molecule has 2 N–H and O–H groups in total. The molecule has 0 saturated carbocycles. The molecule has 18 heavy (non-hydrogen) atoms. The molecule has 1 heterocycles. The van der Waals surface area contributed by atoms with Crippen molar-refractivity contribution in [1.29, 1.82) is 0 Å². The van der Waals surface area contributed by atoms with Gasteiger partial charge >= 0.3 is 0 Å². The molecule has 0 unspecified atom stereocenters. The maximum Gasteiger partial charge on any atom is 0.256 e. The van der Waals surface area contributed by atoms with E-state index in [0.29, 0.717) is 11.4 Å². The third-order valence-corrected chi connectivity index (χ3v) is 3.11. The Balaban J connectivity index is 2.14. The predicted octanol–water partition coefficient (Wildman–Crippen LogP) is 2.84. The number of rotatable bonds is 3. The maximum atomic E-state index is 12.0. The van der Waals surface area contributed by atoms with Crippen molar-refractivity contribution in [3.05, 3.63) is 46.6 Å². The van der Waals surface area contributed by atoms with Gasteiger partial charge in [-0.3, -0.25) is 9.89 Å². The van der Waals surface area contributed by atoms with E-state index in [1.807, 2.05) is 38.1 Å². The highest BCUT2D eigenvalue weighted by atomic mass is 16.1. The van der Waals surface area contributed by atoms with Gasteiger partial charge in [-0.25, -0.2) is 0 Å². The van der Waals surface area contributed by atoms with Crippen LogP contribution in [-0.4, -0.2) is 16.1 Å². The summed E-state index contributed by atoms with van der Waals surface area (Å²) in [4.78, 5) is 12.0. The number of hydrogen-bond acceptors (Lipinski definition) is 2. The van der Waals surface area contributed by atoms with Crippen LogP contribution in [0.5, 0.6) is 0 Å². The number of H-pyrrole nitrogens is 1. The summed E-state index contributed by atoms with van der Waals surface area (Å²) in [6.45, 7) is 5.94. The molecule has 4 heteroatoms. The first kappa shape index (κ1) is 12.4. The van der Waals surface area contributed by atoms with Crippen LogP contribution in [0.3, 0.4) is 0 Å². The Morgan fingerprint density at radius 1 is 1.28 bits per heavy atom. The molecule has 0 aliphatic carbocycles. The van der Waals surface area contributed by atoms with Crippen LogP contribution in [0.15, 0.2) is 24.3 Å². The average Bonchev–Trinajstić information content (AvgIpc) is 2.71. The van der Waals surface area contributed by atoms with Crippen molar-refractivity contribution < 1.29 is 4.79 Å². The minimum Gasteiger partial charge on any atom is -0.305 e. The summed E-state index contributed by atoms with van der Waals surface area (Å²) in [6, 6.07) is 7.61. The van der Waals surface area contributed by atoms with Gasteiger partial charge in [-0.15, -0.1) is 0 Å². The van der Waals surface area contributed by atoms with Gasteiger partial charge in [-0.05, 0) is 38.0 Å². The largest absolute Gasteiger partial charge is 0.305 e. The van der Waals surface area contributed by atoms with Gasteiger partial charge < -0.3 is 5.32 Å². The molecule has 1 aromatic heterocycles. The van der Waals surface area contributed by atoms with E-state index in [4.69, 9.17) is 0 Å². The number of amides is 1. The van der Waals surface area contributed by atoms with Gasteiger partial charge in [0, 0.05) is 16.8 Å². The number of nitrogens with zero attached hydrogens (tertiary/aromatic N) is 1. The number of carbonyl (C=O) groups is 1. The summed E-state index contributed by atoms with van der Waals surface area (Å²) < 4.78 is 0. The molecule has 0 fully saturated rings. The molecule has 0 aliphatic rings. The van der Waals surface area contributed by atoms with E-state index < -0.39 is 0 Å². The second kappa shape index (κ2) is 5.04. The third-order valence-electron chi connectivity index (χ3n) is 3.11. The predicted molar refractivity (Wildman–Crippen MR) is 71.8 cm³/mol. The molecule has 4 nitrogen and oxygen atoms in total. The zero-order valence-electron chi connectivity index (χ0n) is 10.9. The molecule has 1 amide bonds. The third kappa shape index (κ3) is 2.42. The molecule has 0 bridgehead atoms. The number of anilines is 1. The van der Waals surface area contributed by atoms with Crippen LogP contribution in [-0.2, 0) is 6.42 Å². The van der Waals surface area contributed by atoms with Gasteiger partial charge in [0.1, 0.15) is 0 Å². The summed E-state index contributed by atoms with van der Waals surface area (Å²) in [5.74, 6) is 0.462. The zero-order chi connectivity index (χ0) is 13.1. The van der Waals surface area contributed by atoms with Gasteiger partial charge in [0.15, 0.2) is 5.82 Å². The highest BCUT2D eigenvalue weighted by Crippen LogP contribution is 2.15. The molecule has 2 aromatic rings. The Morgan fingerprint density at radius 3 is 2.44 bits per heavy atom. The second-order valence-corrected chi connectivity index (χ2v) is 4.33. The van der Waals surface area contributed by atoms with Crippen LogP contribution in [0.4, 0.5) is 5.82 Å². The fourth-order valence-corrected chi connectivity index (χ4v) is 1.68. The number of nitrogens with one attached hydrogen (secondary N) is 2. The van der Waals surface area contributed by atoms with E-state index in [1.54, 1.807) is 0 Å². The molecule has 0 aliphatic heterocycles. The minimum atomic E-state index is -0.132. The van der Waals surface area contributed by atoms with Crippen LogP contribution in [0.1, 0.15) is 34.1 Å². The van der Waals surface area contributed by atoms with Crippen LogP contribution >= 0.6 is 0 Å². The van der Waals surface area contributed by atoms with Gasteiger partial charge in [-0.2, -0.15) is 5.10 Å². The first-order valence-corrected chi connectivity index (χ1v) is 6.03. The Kier molecular flexibility index (Phi) is 3.46. The van der Waals surface area contributed by atoms with Crippen molar-refractivity contribution in [2.45, 2.75) is 27.2 Å². The number of hydrogen-bond donors (Lipinski definition) is 2. The Bertz CT molecular complexity index is 555. The SMILES string of the molecule is CCc1ccc(C(=O)Nc2n[nH]c(C)c2C)cc1. The second-order valence-electron chi connectivity index (χ2n) is 4.33.